The van der Waals surface area contributed by atoms with E-state index < -0.39 is 0 Å². The number of aromatic nitrogens is 1. The Bertz CT molecular complexity index is 783. The Kier molecular flexibility index (Phi) is 2.27. The summed E-state index contributed by atoms with van der Waals surface area (Å²) in [6.07, 6.45) is 0. The van der Waals surface area contributed by atoms with Crippen LogP contribution in [0.25, 0.3) is 22.2 Å². The molecule has 0 spiro atoms. The van der Waals surface area contributed by atoms with Gasteiger partial charge < -0.3 is 4.57 Å². The van der Waals surface area contributed by atoms with Crippen molar-refractivity contribution in [1.82, 2.24) is 4.57 Å². The Morgan fingerprint density at radius 1 is 1.00 bits per heavy atom. The Labute approximate surface area is 106 Å². The molecule has 0 saturated heterocycles. The molecule has 3 rings (SSSR count). The van der Waals surface area contributed by atoms with E-state index in [-0.39, 0.29) is 5.43 Å². The van der Waals surface area contributed by atoms with Crippen molar-refractivity contribution in [2.45, 2.75) is 13.8 Å². The third-order valence-corrected chi connectivity index (χ3v) is 3.58. The number of rotatable bonds is 0. The molecule has 1 aliphatic carbocycles. The van der Waals surface area contributed by atoms with Crippen LogP contribution in [0.2, 0.25) is 0 Å². The summed E-state index contributed by atoms with van der Waals surface area (Å²) >= 11 is 0. The van der Waals surface area contributed by atoms with Crippen molar-refractivity contribution in [2.24, 2.45) is 7.05 Å². The van der Waals surface area contributed by atoms with E-state index in [2.05, 4.69) is 29.7 Å². The van der Waals surface area contributed by atoms with Crippen molar-refractivity contribution in [3.05, 3.63) is 57.7 Å². The SMILES string of the molecule is Cc1ccc2c(c1)cc1c(=O)c(C)ccc-1n2C. The third-order valence-electron chi connectivity index (χ3n) is 3.58. The smallest absolute Gasteiger partial charge is 0.190 e. The second-order valence-electron chi connectivity index (χ2n) is 4.91. The largest absolute Gasteiger partial charge is 0.344 e. The summed E-state index contributed by atoms with van der Waals surface area (Å²) in [5, 5.41) is 1.12. The summed E-state index contributed by atoms with van der Waals surface area (Å²) in [6, 6.07) is 12.2. The maximum atomic E-state index is 12.2. The van der Waals surface area contributed by atoms with Gasteiger partial charge in [-0.25, -0.2) is 0 Å². The van der Waals surface area contributed by atoms with Crippen molar-refractivity contribution in [2.75, 3.05) is 0 Å². The van der Waals surface area contributed by atoms with Crippen molar-refractivity contribution in [1.29, 1.82) is 0 Å². The molecule has 0 bridgehead atoms. The van der Waals surface area contributed by atoms with Crippen LogP contribution in [0.15, 0.2) is 41.2 Å². The molecule has 0 atom stereocenters. The van der Waals surface area contributed by atoms with Gasteiger partial charge in [-0.3, -0.25) is 4.79 Å². The summed E-state index contributed by atoms with van der Waals surface area (Å²) < 4.78 is 2.09. The van der Waals surface area contributed by atoms with Crippen LogP contribution in [-0.2, 0) is 7.05 Å². The number of pyridine rings is 1. The fourth-order valence-corrected chi connectivity index (χ4v) is 2.51. The molecular weight excluding hydrogens is 222 g/mol. The monoisotopic (exact) mass is 237 g/mol. The van der Waals surface area contributed by atoms with Crippen LogP contribution in [0.3, 0.4) is 0 Å². The highest BCUT2D eigenvalue weighted by atomic mass is 16.1. The van der Waals surface area contributed by atoms with Gasteiger partial charge >= 0.3 is 0 Å². The van der Waals surface area contributed by atoms with Gasteiger partial charge in [0.2, 0.25) is 0 Å². The maximum Gasteiger partial charge on any atom is 0.190 e. The van der Waals surface area contributed by atoms with E-state index in [4.69, 9.17) is 0 Å². The highest BCUT2D eigenvalue weighted by Gasteiger charge is 2.12. The van der Waals surface area contributed by atoms with Gasteiger partial charge in [-0.1, -0.05) is 17.7 Å². The molecule has 1 aromatic carbocycles. The minimum atomic E-state index is 0.131. The van der Waals surface area contributed by atoms with Gasteiger partial charge in [0.15, 0.2) is 5.43 Å². The van der Waals surface area contributed by atoms with Crippen LogP contribution >= 0.6 is 0 Å². The van der Waals surface area contributed by atoms with Crippen LogP contribution in [0, 0.1) is 13.8 Å². The van der Waals surface area contributed by atoms with Crippen molar-refractivity contribution < 1.29 is 0 Å². The Morgan fingerprint density at radius 2 is 1.78 bits per heavy atom. The van der Waals surface area contributed by atoms with E-state index in [1.54, 1.807) is 0 Å². The summed E-state index contributed by atoms with van der Waals surface area (Å²) in [4.78, 5) is 12.2. The zero-order valence-electron chi connectivity index (χ0n) is 10.8. The number of benzene rings is 2. The molecule has 2 nitrogen and oxygen atoms in total. The quantitative estimate of drug-likeness (QED) is 0.550. The number of aryl methyl sites for hydroxylation is 3. The zero-order chi connectivity index (χ0) is 12.9. The first-order valence-corrected chi connectivity index (χ1v) is 6.07. The molecule has 0 unspecified atom stereocenters. The molecule has 1 heterocycles. The first-order valence-electron chi connectivity index (χ1n) is 6.07. The first-order chi connectivity index (χ1) is 8.58. The molecule has 90 valence electrons. The van der Waals surface area contributed by atoms with Gasteiger partial charge in [-0.05, 0) is 49.1 Å². The lowest BCUT2D eigenvalue weighted by Crippen LogP contribution is -2.13. The van der Waals surface area contributed by atoms with Crippen LogP contribution in [0.5, 0.6) is 0 Å². The number of hydrogen-bond acceptors (Lipinski definition) is 1. The Balaban J connectivity index is 2.57. The molecular formula is C16H15NO. The third kappa shape index (κ3) is 1.46. The average Bonchev–Trinajstić information content (AvgIpc) is 2.34. The van der Waals surface area contributed by atoms with Crippen LogP contribution in [0.4, 0.5) is 0 Å². The fourth-order valence-electron chi connectivity index (χ4n) is 2.51. The summed E-state index contributed by atoms with van der Waals surface area (Å²) in [5.74, 6) is 0. The van der Waals surface area contributed by atoms with Crippen molar-refractivity contribution in [3.63, 3.8) is 0 Å². The van der Waals surface area contributed by atoms with E-state index in [0.717, 1.165) is 27.7 Å². The lowest BCUT2D eigenvalue weighted by atomic mass is 10.0. The van der Waals surface area contributed by atoms with E-state index >= 15 is 0 Å². The topological polar surface area (TPSA) is 22.0 Å². The lowest BCUT2D eigenvalue weighted by Gasteiger charge is -2.15. The number of hydrogen-bond donors (Lipinski definition) is 0. The second kappa shape index (κ2) is 3.70. The molecule has 2 heteroatoms. The minimum Gasteiger partial charge on any atom is -0.344 e. The fraction of sp³-hybridized carbons (Fsp3) is 0.188. The molecule has 0 radical (unpaired) electrons. The number of fused-ring (bicyclic) bond motifs is 2. The van der Waals surface area contributed by atoms with Gasteiger partial charge in [-0.15, -0.1) is 0 Å². The van der Waals surface area contributed by atoms with Gasteiger partial charge in [0.05, 0.1) is 5.69 Å². The molecule has 2 aliphatic rings. The van der Waals surface area contributed by atoms with Crippen molar-refractivity contribution in [3.8, 4) is 11.3 Å². The normalized spacial score (nSPS) is 11.3. The van der Waals surface area contributed by atoms with Gasteiger partial charge in [0, 0.05) is 18.1 Å². The molecule has 0 N–H and O–H groups in total. The van der Waals surface area contributed by atoms with E-state index in [1.165, 1.54) is 5.56 Å². The highest BCUT2D eigenvalue weighted by molar-refractivity contribution is 5.87. The van der Waals surface area contributed by atoms with E-state index in [1.807, 2.05) is 32.2 Å². The Hall–Kier alpha value is -2.09. The van der Waals surface area contributed by atoms with Crippen LogP contribution < -0.4 is 5.43 Å². The maximum absolute atomic E-state index is 12.2. The molecule has 1 aromatic rings. The number of nitrogens with zero attached hydrogens (tertiary/aromatic N) is 1. The second-order valence-corrected chi connectivity index (χ2v) is 4.91. The van der Waals surface area contributed by atoms with Gasteiger partial charge in [0.25, 0.3) is 0 Å². The highest BCUT2D eigenvalue weighted by Crippen LogP contribution is 2.26. The average molecular weight is 237 g/mol. The summed E-state index contributed by atoms with van der Waals surface area (Å²) in [6.45, 7) is 3.93. The van der Waals surface area contributed by atoms with Crippen LogP contribution in [0.1, 0.15) is 11.1 Å². The Morgan fingerprint density at radius 3 is 2.56 bits per heavy atom. The molecule has 18 heavy (non-hydrogen) atoms. The standard InChI is InChI=1S/C16H15NO/c1-10-4-6-14-12(8-10)9-13-15(17(14)3)7-5-11(2)16(13)18/h4-9H,1-3H3. The van der Waals surface area contributed by atoms with Gasteiger partial charge in [0.1, 0.15) is 0 Å². The molecule has 0 saturated carbocycles. The molecule has 0 fully saturated rings. The molecule has 0 aromatic heterocycles. The molecule has 1 aliphatic heterocycles. The predicted molar refractivity (Wildman–Crippen MR) is 75.3 cm³/mol. The summed E-state index contributed by atoms with van der Waals surface area (Å²) in [5.41, 5.74) is 5.08. The van der Waals surface area contributed by atoms with E-state index in [9.17, 15) is 4.79 Å². The van der Waals surface area contributed by atoms with Crippen molar-refractivity contribution >= 4 is 10.9 Å². The lowest BCUT2D eigenvalue weighted by molar-refractivity contribution is 0.958. The molecule has 0 amide bonds. The minimum absolute atomic E-state index is 0.131. The summed E-state index contributed by atoms with van der Waals surface area (Å²) in [7, 11) is 2.01. The van der Waals surface area contributed by atoms with Gasteiger partial charge in [-0.2, -0.15) is 0 Å². The first kappa shape index (κ1) is 11.0. The van der Waals surface area contributed by atoms with E-state index in [0.29, 0.717) is 0 Å². The predicted octanol–water partition coefficient (Wildman–Crippen LogP) is 3.26. The zero-order valence-corrected chi connectivity index (χ0v) is 10.8. The van der Waals surface area contributed by atoms with Crippen LogP contribution in [-0.4, -0.2) is 4.57 Å².